The first-order chi connectivity index (χ1) is 8.83. The number of nitrogens with zero attached hydrogens (tertiary/aromatic N) is 1. The number of aryl methyl sites for hydroxylation is 1. The van der Waals surface area contributed by atoms with Crippen LogP contribution in [0.2, 0.25) is 0 Å². The molecule has 0 unspecified atom stereocenters. The lowest BCUT2D eigenvalue weighted by atomic mass is 10.2. The number of hydrogen-bond acceptors (Lipinski definition) is 2. The third kappa shape index (κ3) is 3.12. The highest BCUT2D eigenvalue weighted by Crippen LogP contribution is 2.19. The Balaban J connectivity index is 1.88. The molecule has 1 aromatic carbocycles. The predicted molar refractivity (Wildman–Crippen MR) is 76.0 cm³/mol. The maximum Gasteiger partial charge on any atom is 0.0483 e. The molecule has 0 amide bonds. The van der Waals surface area contributed by atoms with Crippen LogP contribution < -0.4 is 5.32 Å². The zero-order chi connectivity index (χ0) is 12.8. The van der Waals surface area contributed by atoms with Crippen LogP contribution in [0.25, 0.3) is 10.9 Å². The second kappa shape index (κ2) is 6.57. The smallest absolute Gasteiger partial charge is 0.0483 e. The van der Waals surface area contributed by atoms with Crippen LogP contribution in [0.15, 0.2) is 30.5 Å². The largest absolute Gasteiger partial charge is 0.385 e. The normalized spacial score (nSPS) is 11.2. The fourth-order valence-corrected chi connectivity index (χ4v) is 2.28. The van der Waals surface area contributed by atoms with Gasteiger partial charge in [0.05, 0.1) is 0 Å². The van der Waals surface area contributed by atoms with Crippen LogP contribution in [-0.2, 0) is 11.3 Å². The Morgan fingerprint density at radius 2 is 2.06 bits per heavy atom. The first kappa shape index (κ1) is 13.1. The maximum absolute atomic E-state index is 5.02. The SMILES string of the molecule is COCCCNCCn1cc(C)c2ccccc21. The zero-order valence-corrected chi connectivity index (χ0v) is 11.3. The molecule has 0 radical (unpaired) electrons. The molecule has 98 valence electrons. The predicted octanol–water partition coefficient (Wildman–Crippen LogP) is 2.58. The van der Waals surface area contributed by atoms with Crippen molar-refractivity contribution < 1.29 is 4.74 Å². The molecule has 3 nitrogen and oxygen atoms in total. The second-order valence-electron chi connectivity index (χ2n) is 4.62. The molecule has 1 N–H and O–H groups in total. The first-order valence-corrected chi connectivity index (χ1v) is 6.57. The number of hydrogen-bond donors (Lipinski definition) is 1. The van der Waals surface area contributed by atoms with Gasteiger partial charge in [0.15, 0.2) is 0 Å². The molecule has 18 heavy (non-hydrogen) atoms. The Kier molecular flexibility index (Phi) is 4.79. The lowest BCUT2D eigenvalue weighted by Crippen LogP contribution is -2.21. The average Bonchev–Trinajstić information content (AvgIpc) is 2.71. The summed E-state index contributed by atoms with van der Waals surface area (Å²) in [7, 11) is 1.74. The molecular weight excluding hydrogens is 224 g/mol. The number of fused-ring (bicyclic) bond motifs is 1. The highest BCUT2D eigenvalue weighted by atomic mass is 16.5. The highest BCUT2D eigenvalue weighted by molar-refractivity contribution is 5.83. The van der Waals surface area contributed by atoms with Gasteiger partial charge in [0.2, 0.25) is 0 Å². The monoisotopic (exact) mass is 246 g/mol. The van der Waals surface area contributed by atoms with Crippen molar-refractivity contribution in [1.82, 2.24) is 9.88 Å². The molecule has 0 spiro atoms. The van der Waals surface area contributed by atoms with Crippen molar-refractivity contribution in [3.8, 4) is 0 Å². The van der Waals surface area contributed by atoms with E-state index in [0.717, 1.165) is 32.7 Å². The fourth-order valence-electron chi connectivity index (χ4n) is 2.28. The summed E-state index contributed by atoms with van der Waals surface area (Å²) in [6.45, 7) is 6.04. The number of rotatable bonds is 7. The molecule has 0 atom stereocenters. The quantitative estimate of drug-likeness (QED) is 0.760. The molecule has 1 heterocycles. The third-order valence-corrected chi connectivity index (χ3v) is 3.22. The van der Waals surface area contributed by atoms with E-state index < -0.39 is 0 Å². The van der Waals surface area contributed by atoms with Gasteiger partial charge in [-0.25, -0.2) is 0 Å². The summed E-state index contributed by atoms with van der Waals surface area (Å²) < 4.78 is 7.35. The average molecular weight is 246 g/mol. The number of para-hydroxylation sites is 1. The summed E-state index contributed by atoms with van der Waals surface area (Å²) >= 11 is 0. The van der Waals surface area contributed by atoms with Crippen LogP contribution in [0.4, 0.5) is 0 Å². The Morgan fingerprint density at radius 1 is 1.22 bits per heavy atom. The molecule has 1 aromatic heterocycles. The van der Waals surface area contributed by atoms with Crippen LogP contribution in [0.1, 0.15) is 12.0 Å². The second-order valence-corrected chi connectivity index (χ2v) is 4.62. The first-order valence-electron chi connectivity index (χ1n) is 6.57. The highest BCUT2D eigenvalue weighted by Gasteiger charge is 2.03. The number of methoxy groups -OCH3 is 1. The fraction of sp³-hybridized carbons (Fsp3) is 0.467. The van der Waals surface area contributed by atoms with E-state index >= 15 is 0 Å². The molecule has 2 rings (SSSR count). The van der Waals surface area contributed by atoms with Gasteiger partial charge in [0, 0.05) is 43.9 Å². The van der Waals surface area contributed by atoms with Crippen molar-refractivity contribution in [2.75, 3.05) is 26.8 Å². The number of nitrogens with one attached hydrogen (secondary N) is 1. The minimum absolute atomic E-state index is 0.832. The summed E-state index contributed by atoms with van der Waals surface area (Å²) in [6, 6.07) is 8.58. The molecule has 0 saturated heterocycles. The molecule has 0 aliphatic carbocycles. The van der Waals surface area contributed by atoms with Gasteiger partial charge in [-0.3, -0.25) is 0 Å². The molecule has 0 fully saturated rings. The van der Waals surface area contributed by atoms with E-state index in [1.54, 1.807) is 7.11 Å². The lowest BCUT2D eigenvalue weighted by molar-refractivity contribution is 0.194. The van der Waals surface area contributed by atoms with Crippen molar-refractivity contribution >= 4 is 10.9 Å². The van der Waals surface area contributed by atoms with Gasteiger partial charge >= 0.3 is 0 Å². The van der Waals surface area contributed by atoms with Gasteiger partial charge in [0.1, 0.15) is 0 Å². The van der Waals surface area contributed by atoms with E-state index in [1.807, 2.05) is 0 Å². The summed E-state index contributed by atoms with van der Waals surface area (Å²) in [6.07, 6.45) is 3.31. The van der Waals surface area contributed by atoms with Crippen LogP contribution in [0.3, 0.4) is 0 Å². The standard InChI is InChI=1S/C15H22N2O/c1-13-12-17(10-9-16-8-5-11-18-2)15-7-4-3-6-14(13)15/h3-4,6-7,12,16H,5,8-11H2,1-2H3. The van der Waals surface area contributed by atoms with Crippen molar-refractivity contribution in [2.45, 2.75) is 19.9 Å². The van der Waals surface area contributed by atoms with Crippen LogP contribution in [0.5, 0.6) is 0 Å². The molecule has 3 heteroatoms. The summed E-state index contributed by atoms with van der Waals surface area (Å²) in [4.78, 5) is 0. The van der Waals surface area contributed by atoms with Gasteiger partial charge in [-0.15, -0.1) is 0 Å². The van der Waals surface area contributed by atoms with Gasteiger partial charge in [-0.2, -0.15) is 0 Å². The Bertz CT molecular complexity index is 490. The van der Waals surface area contributed by atoms with Gasteiger partial charge in [-0.1, -0.05) is 18.2 Å². The van der Waals surface area contributed by atoms with Gasteiger partial charge < -0.3 is 14.6 Å². The minimum atomic E-state index is 0.832. The Hall–Kier alpha value is -1.32. The molecular formula is C15H22N2O. The summed E-state index contributed by atoms with van der Waals surface area (Å²) in [5.74, 6) is 0. The van der Waals surface area contributed by atoms with Crippen LogP contribution in [-0.4, -0.2) is 31.4 Å². The maximum atomic E-state index is 5.02. The molecule has 0 bridgehead atoms. The number of benzene rings is 1. The molecule has 0 saturated carbocycles. The van der Waals surface area contributed by atoms with Crippen LogP contribution in [0, 0.1) is 6.92 Å². The Morgan fingerprint density at radius 3 is 2.89 bits per heavy atom. The Labute approximate surface area is 109 Å². The van der Waals surface area contributed by atoms with E-state index in [1.165, 1.54) is 16.5 Å². The minimum Gasteiger partial charge on any atom is -0.385 e. The number of ether oxygens (including phenoxy) is 1. The summed E-state index contributed by atoms with van der Waals surface area (Å²) in [5, 5.41) is 4.80. The lowest BCUT2D eigenvalue weighted by Gasteiger charge is -2.07. The van der Waals surface area contributed by atoms with E-state index in [2.05, 4.69) is 47.3 Å². The number of aromatic nitrogens is 1. The third-order valence-electron chi connectivity index (χ3n) is 3.22. The van der Waals surface area contributed by atoms with E-state index in [-0.39, 0.29) is 0 Å². The van der Waals surface area contributed by atoms with Gasteiger partial charge in [0.25, 0.3) is 0 Å². The van der Waals surface area contributed by atoms with E-state index in [0.29, 0.717) is 0 Å². The topological polar surface area (TPSA) is 26.2 Å². The molecule has 2 aromatic rings. The van der Waals surface area contributed by atoms with Crippen molar-refractivity contribution in [3.63, 3.8) is 0 Å². The zero-order valence-electron chi connectivity index (χ0n) is 11.3. The molecule has 0 aliphatic heterocycles. The summed E-state index contributed by atoms with van der Waals surface area (Å²) in [5.41, 5.74) is 2.68. The molecule has 0 aliphatic rings. The van der Waals surface area contributed by atoms with Crippen molar-refractivity contribution in [1.29, 1.82) is 0 Å². The van der Waals surface area contributed by atoms with Crippen LogP contribution >= 0.6 is 0 Å². The van der Waals surface area contributed by atoms with Crippen molar-refractivity contribution in [2.24, 2.45) is 0 Å². The van der Waals surface area contributed by atoms with E-state index in [9.17, 15) is 0 Å². The van der Waals surface area contributed by atoms with Gasteiger partial charge in [-0.05, 0) is 31.5 Å². The van der Waals surface area contributed by atoms with E-state index in [4.69, 9.17) is 4.74 Å². The van der Waals surface area contributed by atoms with Crippen molar-refractivity contribution in [3.05, 3.63) is 36.0 Å².